The summed E-state index contributed by atoms with van der Waals surface area (Å²) in [6.07, 6.45) is 1.87. The molecule has 0 atom stereocenters. The number of rotatable bonds is 4. The van der Waals surface area contributed by atoms with Crippen molar-refractivity contribution < 1.29 is 9.47 Å². The van der Waals surface area contributed by atoms with Crippen LogP contribution in [0.4, 0.5) is 5.69 Å². The van der Waals surface area contributed by atoms with Crippen LogP contribution in [0.2, 0.25) is 0 Å². The number of nitrogens with zero attached hydrogens (tertiary/aromatic N) is 3. The van der Waals surface area contributed by atoms with E-state index in [9.17, 15) is 4.79 Å². The minimum atomic E-state index is -0.0321. The quantitative estimate of drug-likeness (QED) is 0.679. The predicted molar refractivity (Wildman–Crippen MR) is 111 cm³/mol. The zero-order valence-corrected chi connectivity index (χ0v) is 16.8. The highest BCUT2D eigenvalue weighted by atomic mass is 32.1. The van der Waals surface area contributed by atoms with Gasteiger partial charge in [0, 0.05) is 5.69 Å². The number of aryl methyl sites for hydroxylation is 1. The molecule has 28 heavy (non-hydrogen) atoms. The van der Waals surface area contributed by atoms with Gasteiger partial charge in [0.15, 0.2) is 16.3 Å². The maximum atomic E-state index is 12.9. The molecule has 3 aromatic rings. The lowest BCUT2D eigenvalue weighted by Gasteiger charge is -2.25. The van der Waals surface area contributed by atoms with Gasteiger partial charge in [0.2, 0.25) is 0 Å². The number of ether oxygens (including phenoxy) is 2. The van der Waals surface area contributed by atoms with Crippen LogP contribution in [0.5, 0.6) is 11.5 Å². The molecule has 0 bridgehead atoms. The highest BCUT2D eigenvalue weighted by Gasteiger charge is 2.16. The predicted octanol–water partition coefficient (Wildman–Crippen LogP) is 2.12. The van der Waals surface area contributed by atoms with E-state index in [4.69, 9.17) is 9.47 Å². The second-order valence-electron chi connectivity index (χ2n) is 6.56. The lowest BCUT2D eigenvalue weighted by molar-refractivity contribution is 0.355. The Morgan fingerprint density at radius 1 is 1.07 bits per heavy atom. The van der Waals surface area contributed by atoms with Gasteiger partial charge in [-0.25, -0.2) is 4.99 Å². The van der Waals surface area contributed by atoms with E-state index in [0.29, 0.717) is 29.4 Å². The summed E-state index contributed by atoms with van der Waals surface area (Å²) in [5, 5.41) is 0. The topological polar surface area (TPSA) is 56.1 Å². The Hall–Kier alpha value is -3.06. The maximum Gasteiger partial charge on any atom is 0.271 e. The molecule has 1 aliphatic heterocycles. The van der Waals surface area contributed by atoms with E-state index in [1.165, 1.54) is 16.9 Å². The van der Waals surface area contributed by atoms with Crippen LogP contribution in [0, 0.1) is 6.92 Å². The molecular weight excluding hydrogens is 374 g/mol. The van der Waals surface area contributed by atoms with Crippen molar-refractivity contribution >= 4 is 23.1 Å². The van der Waals surface area contributed by atoms with E-state index >= 15 is 0 Å². The van der Waals surface area contributed by atoms with Crippen LogP contribution in [0.25, 0.3) is 6.08 Å². The molecule has 1 aliphatic rings. The van der Waals surface area contributed by atoms with Crippen molar-refractivity contribution in [2.45, 2.75) is 13.6 Å². The Morgan fingerprint density at radius 2 is 1.82 bits per heavy atom. The van der Waals surface area contributed by atoms with Gasteiger partial charge in [-0.05, 0) is 42.8 Å². The van der Waals surface area contributed by atoms with Crippen molar-refractivity contribution in [1.82, 2.24) is 4.57 Å². The van der Waals surface area contributed by atoms with Crippen LogP contribution in [-0.2, 0) is 6.67 Å². The molecule has 0 saturated heterocycles. The number of hydrogen-bond donors (Lipinski definition) is 0. The van der Waals surface area contributed by atoms with Crippen LogP contribution in [0.3, 0.4) is 0 Å². The Bertz CT molecular complexity index is 1180. The fourth-order valence-electron chi connectivity index (χ4n) is 3.12. The van der Waals surface area contributed by atoms with Gasteiger partial charge in [-0.15, -0.1) is 0 Å². The van der Waals surface area contributed by atoms with E-state index in [0.717, 1.165) is 16.1 Å². The molecule has 0 spiro atoms. The number of methoxy groups -OCH3 is 2. The summed E-state index contributed by atoms with van der Waals surface area (Å²) in [5.74, 6) is 1.29. The molecule has 0 N–H and O–H groups in total. The summed E-state index contributed by atoms with van der Waals surface area (Å²) in [6.45, 7) is 3.10. The first-order valence-corrected chi connectivity index (χ1v) is 9.70. The van der Waals surface area contributed by atoms with E-state index in [2.05, 4.69) is 41.1 Å². The van der Waals surface area contributed by atoms with E-state index in [-0.39, 0.29) is 5.56 Å². The highest BCUT2D eigenvalue weighted by molar-refractivity contribution is 7.07. The molecule has 0 unspecified atom stereocenters. The summed E-state index contributed by atoms with van der Waals surface area (Å²) in [7, 11) is 3.20. The molecule has 0 fully saturated rings. The van der Waals surface area contributed by atoms with E-state index in [1.54, 1.807) is 18.8 Å². The molecule has 4 rings (SSSR count). The Labute approximate surface area is 166 Å². The molecule has 7 heteroatoms. The summed E-state index contributed by atoms with van der Waals surface area (Å²) in [4.78, 5) is 20.4. The number of hydrogen-bond acceptors (Lipinski definition) is 6. The molecular formula is C21H21N3O3S. The third kappa shape index (κ3) is 3.41. The number of benzene rings is 2. The van der Waals surface area contributed by atoms with Gasteiger partial charge in [-0.1, -0.05) is 35.1 Å². The maximum absolute atomic E-state index is 12.9. The third-order valence-corrected chi connectivity index (χ3v) is 5.73. The van der Waals surface area contributed by atoms with Crippen LogP contribution < -0.4 is 29.3 Å². The summed E-state index contributed by atoms with van der Waals surface area (Å²) < 4.78 is 13.0. The molecule has 0 saturated carbocycles. The van der Waals surface area contributed by atoms with Gasteiger partial charge in [0.1, 0.15) is 13.3 Å². The number of fused-ring (bicyclic) bond motifs is 1. The number of aromatic nitrogens is 1. The molecule has 2 aromatic carbocycles. The first kappa shape index (κ1) is 18.3. The standard InChI is InChI=1S/C21H21N3O3S/c1-14-4-7-16(8-5-14)23-12-22-21-24(13-23)20(25)19(28-21)11-15-6-9-17(26-2)18(10-15)27-3/h4-11H,12-13H2,1-3H3/b19-11-. The van der Waals surface area contributed by atoms with Crippen molar-refractivity contribution in [3.63, 3.8) is 0 Å². The van der Waals surface area contributed by atoms with Gasteiger partial charge < -0.3 is 14.4 Å². The second-order valence-corrected chi connectivity index (χ2v) is 7.57. The van der Waals surface area contributed by atoms with Gasteiger partial charge in [0.25, 0.3) is 5.56 Å². The monoisotopic (exact) mass is 395 g/mol. The van der Waals surface area contributed by atoms with Crippen LogP contribution in [-0.4, -0.2) is 25.5 Å². The van der Waals surface area contributed by atoms with Crippen molar-refractivity contribution in [1.29, 1.82) is 0 Å². The summed E-state index contributed by atoms with van der Waals surface area (Å²) >= 11 is 1.41. The smallest absolute Gasteiger partial charge is 0.271 e. The minimum Gasteiger partial charge on any atom is -0.493 e. The zero-order chi connectivity index (χ0) is 19.7. The first-order chi connectivity index (χ1) is 13.6. The highest BCUT2D eigenvalue weighted by Crippen LogP contribution is 2.27. The number of anilines is 1. The van der Waals surface area contributed by atoms with Gasteiger partial charge in [0.05, 0.1) is 18.8 Å². The van der Waals surface area contributed by atoms with Crippen molar-refractivity contribution in [3.05, 3.63) is 73.3 Å². The van der Waals surface area contributed by atoms with Gasteiger partial charge in [-0.2, -0.15) is 0 Å². The zero-order valence-electron chi connectivity index (χ0n) is 16.0. The summed E-state index contributed by atoms with van der Waals surface area (Å²) in [5.41, 5.74) is 3.11. The lowest BCUT2D eigenvalue weighted by Crippen LogP contribution is -2.42. The third-order valence-electron chi connectivity index (χ3n) is 4.68. The molecule has 0 radical (unpaired) electrons. The van der Waals surface area contributed by atoms with E-state index in [1.807, 2.05) is 24.3 Å². The molecule has 144 valence electrons. The Balaban J connectivity index is 1.69. The van der Waals surface area contributed by atoms with Crippen LogP contribution in [0.1, 0.15) is 11.1 Å². The van der Waals surface area contributed by atoms with Gasteiger partial charge >= 0.3 is 0 Å². The largest absolute Gasteiger partial charge is 0.493 e. The average molecular weight is 395 g/mol. The van der Waals surface area contributed by atoms with Crippen molar-refractivity contribution in [3.8, 4) is 11.5 Å². The molecule has 0 aliphatic carbocycles. The Morgan fingerprint density at radius 3 is 2.54 bits per heavy atom. The Kier molecular flexibility index (Phi) is 4.92. The normalized spacial score (nSPS) is 13.8. The SMILES string of the molecule is COc1ccc(/C=c2\sc3n(c2=O)CN(c2ccc(C)cc2)CN=3)cc1OC. The average Bonchev–Trinajstić information content (AvgIpc) is 3.03. The lowest BCUT2D eigenvalue weighted by atomic mass is 10.2. The summed E-state index contributed by atoms with van der Waals surface area (Å²) in [6, 6.07) is 13.8. The molecule has 6 nitrogen and oxygen atoms in total. The van der Waals surface area contributed by atoms with Crippen LogP contribution in [0.15, 0.2) is 52.3 Å². The van der Waals surface area contributed by atoms with Crippen molar-refractivity contribution in [2.75, 3.05) is 25.8 Å². The second kappa shape index (κ2) is 7.52. The van der Waals surface area contributed by atoms with Crippen molar-refractivity contribution in [2.24, 2.45) is 4.99 Å². The van der Waals surface area contributed by atoms with Gasteiger partial charge in [-0.3, -0.25) is 9.36 Å². The minimum absolute atomic E-state index is 0.0321. The molecule has 1 aromatic heterocycles. The fourth-order valence-corrected chi connectivity index (χ4v) is 4.09. The molecule has 2 heterocycles. The fraction of sp³-hybridized carbons (Fsp3) is 0.238. The van der Waals surface area contributed by atoms with Crippen LogP contribution >= 0.6 is 11.3 Å². The van der Waals surface area contributed by atoms with E-state index < -0.39 is 0 Å². The number of thiazole rings is 1. The molecule has 0 amide bonds. The first-order valence-electron chi connectivity index (χ1n) is 8.88.